The van der Waals surface area contributed by atoms with Gasteiger partial charge in [-0.15, -0.1) is 0 Å². The summed E-state index contributed by atoms with van der Waals surface area (Å²) < 4.78 is 0. The molecule has 0 bridgehead atoms. The lowest BCUT2D eigenvalue weighted by atomic mass is 9.72. The molecule has 0 amide bonds. The van der Waals surface area contributed by atoms with Crippen molar-refractivity contribution in [1.29, 1.82) is 0 Å². The molecule has 1 aromatic carbocycles. The molecule has 1 aliphatic carbocycles. The van der Waals surface area contributed by atoms with Crippen LogP contribution in [0.15, 0.2) is 52.6 Å². The van der Waals surface area contributed by atoms with E-state index in [1.807, 2.05) is 36.4 Å². The Kier molecular flexibility index (Phi) is 4.34. The van der Waals surface area contributed by atoms with Gasteiger partial charge in [0.2, 0.25) is 0 Å². The molecule has 0 radical (unpaired) electrons. The number of anilines is 1. The lowest BCUT2D eigenvalue weighted by Gasteiger charge is -2.31. The molecule has 0 heterocycles. The molecule has 1 aromatic rings. The number of carbonyl (C=O) groups excluding carboxylic acids is 1. The van der Waals surface area contributed by atoms with Gasteiger partial charge in [-0.25, -0.2) is 4.99 Å². The van der Waals surface area contributed by atoms with E-state index in [1.54, 1.807) is 0 Å². The van der Waals surface area contributed by atoms with Gasteiger partial charge in [0.1, 0.15) is 0 Å². The Labute approximate surface area is 139 Å². The molecule has 3 heteroatoms. The summed E-state index contributed by atoms with van der Waals surface area (Å²) in [5, 5.41) is 0. The second-order valence-corrected chi connectivity index (χ2v) is 8.07. The maximum Gasteiger partial charge on any atom is 0.186 e. The second kappa shape index (κ2) is 5.80. The van der Waals surface area contributed by atoms with Crippen molar-refractivity contribution in [1.82, 2.24) is 0 Å². The van der Waals surface area contributed by atoms with Crippen molar-refractivity contribution in [3.63, 3.8) is 0 Å². The van der Waals surface area contributed by atoms with Crippen LogP contribution in [-0.4, -0.2) is 11.5 Å². The third-order valence-electron chi connectivity index (χ3n) is 3.84. The Bertz CT molecular complexity index is 669. The van der Waals surface area contributed by atoms with Gasteiger partial charge in [-0.2, -0.15) is 0 Å². The fourth-order valence-electron chi connectivity index (χ4n) is 2.49. The third-order valence-corrected chi connectivity index (χ3v) is 3.84. The Balaban J connectivity index is 2.56. The highest BCUT2D eigenvalue weighted by Crippen LogP contribution is 2.37. The van der Waals surface area contributed by atoms with Crippen molar-refractivity contribution < 1.29 is 4.79 Å². The molecule has 122 valence electrons. The van der Waals surface area contributed by atoms with E-state index in [2.05, 4.69) is 46.5 Å². The maximum atomic E-state index is 12.9. The summed E-state index contributed by atoms with van der Waals surface area (Å²) in [6, 6.07) is 7.42. The number of ketones is 1. The number of nitrogens with two attached hydrogens (primary N) is 1. The van der Waals surface area contributed by atoms with E-state index in [0.717, 1.165) is 22.5 Å². The van der Waals surface area contributed by atoms with Crippen LogP contribution >= 0.6 is 0 Å². The van der Waals surface area contributed by atoms with E-state index in [-0.39, 0.29) is 16.6 Å². The van der Waals surface area contributed by atoms with Crippen molar-refractivity contribution >= 4 is 22.9 Å². The average molecular weight is 310 g/mol. The molecule has 0 spiro atoms. The first-order valence-corrected chi connectivity index (χ1v) is 7.92. The van der Waals surface area contributed by atoms with Crippen LogP contribution in [0.2, 0.25) is 0 Å². The van der Waals surface area contributed by atoms with E-state index < -0.39 is 0 Å². The van der Waals surface area contributed by atoms with Crippen LogP contribution in [0.1, 0.15) is 41.5 Å². The molecule has 0 aliphatic heterocycles. The normalized spacial score (nSPS) is 16.1. The van der Waals surface area contributed by atoms with Crippen molar-refractivity contribution in [2.45, 2.75) is 41.5 Å². The third kappa shape index (κ3) is 3.98. The highest BCUT2D eigenvalue weighted by Gasteiger charge is 2.34. The van der Waals surface area contributed by atoms with Crippen molar-refractivity contribution in [2.75, 3.05) is 5.73 Å². The second-order valence-electron chi connectivity index (χ2n) is 8.07. The molecule has 0 aromatic heterocycles. The molecule has 0 fully saturated rings. The number of rotatable bonds is 1. The predicted octanol–water partition coefficient (Wildman–Crippen LogP) is 4.87. The lowest BCUT2D eigenvalue weighted by Crippen LogP contribution is -2.29. The Hall–Kier alpha value is -2.16. The van der Waals surface area contributed by atoms with Crippen molar-refractivity contribution in [2.24, 2.45) is 15.8 Å². The first kappa shape index (κ1) is 17.2. The molecule has 0 saturated carbocycles. The molecular weight excluding hydrogens is 284 g/mol. The lowest BCUT2D eigenvalue weighted by molar-refractivity contribution is -0.114. The number of aliphatic imine (C=N–C) groups is 1. The summed E-state index contributed by atoms with van der Waals surface area (Å²) in [6.07, 6.45) is 3.82. The van der Waals surface area contributed by atoms with Gasteiger partial charge in [-0.3, -0.25) is 4.79 Å². The van der Waals surface area contributed by atoms with Crippen molar-refractivity contribution in [3.8, 4) is 0 Å². The summed E-state index contributed by atoms with van der Waals surface area (Å²) in [7, 11) is 0. The largest absolute Gasteiger partial charge is 0.399 e. The SMILES string of the molecule is CC(C)(C)C1=CC(=Nc2ccc(N)cc2)C=C(C(C)(C)C)C1=O. The van der Waals surface area contributed by atoms with Gasteiger partial charge in [0.25, 0.3) is 0 Å². The van der Waals surface area contributed by atoms with Crippen molar-refractivity contribution in [3.05, 3.63) is 47.6 Å². The summed E-state index contributed by atoms with van der Waals surface area (Å²) in [6.45, 7) is 12.4. The fourth-order valence-corrected chi connectivity index (χ4v) is 2.49. The van der Waals surface area contributed by atoms with Gasteiger partial charge in [0.15, 0.2) is 5.78 Å². The van der Waals surface area contributed by atoms with Gasteiger partial charge in [-0.1, -0.05) is 41.5 Å². The highest BCUT2D eigenvalue weighted by atomic mass is 16.1. The molecule has 0 unspecified atom stereocenters. The number of nitrogens with zero attached hydrogens (tertiary/aromatic N) is 1. The van der Waals surface area contributed by atoms with Gasteiger partial charge in [-0.05, 0) is 47.2 Å². The Morgan fingerprint density at radius 1 is 0.826 bits per heavy atom. The van der Waals surface area contributed by atoms with Crippen LogP contribution in [0.25, 0.3) is 0 Å². The van der Waals surface area contributed by atoms with Crippen LogP contribution in [0.4, 0.5) is 11.4 Å². The molecule has 0 saturated heterocycles. The fraction of sp³-hybridized carbons (Fsp3) is 0.400. The highest BCUT2D eigenvalue weighted by molar-refractivity contribution is 6.23. The molecule has 0 atom stereocenters. The molecule has 1 aliphatic rings. The van der Waals surface area contributed by atoms with Gasteiger partial charge in [0.05, 0.1) is 11.4 Å². The molecule has 2 rings (SSSR count). The first-order chi connectivity index (χ1) is 10.5. The summed E-state index contributed by atoms with van der Waals surface area (Å²) in [5.74, 6) is 0.126. The Morgan fingerprint density at radius 2 is 1.26 bits per heavy atom. The van der Waals surface area contributed by atoms with E-state index in [0.29, 0.717) is 5.69 Å². The predicted molar refractivity (Wildman–Crippen MR) is 98.0 cm³/mol. The van der Waals surface area contributed by atoms with Gasteiger partial charge < -0.3 is 5.73 Å². The number of hydrogen-bond acceptors (Lipinski definition) is 3. The maximum absolute atomic E-state index is 12.9. The van der Waals surface area contributed by atoms with Crippen LogP contribution < -0.4 is 5.73 Å². The van der Waals surface area contributed by atoms with Gasteiger partial charge >= 0.3 is 0 Å². The zero-order valence-electron chi connectivity index (χ0n) is 14.9. The monoisotopic (exact) mass is 310 g/mol. The number of hydrogen-bond donors (Lipinski definition) is 1. The molecular formula is C20H26N2O. The number of Topliss-reactive ketones (excluding diaryl/α,β-unsaturated/α-hetero) is 1. The first-order valence-electron chi connectivity index (χ1n) is 7.92. The topological polar surface area (TPSA) is 55.4 Å². The summed E-state index contributed by atoms with van der Waals surface area (Å²) in [5.41, 5.74) is 9.24. The number of benzene rings is 1. The van der Waals surface area contributed by atoms with E-state index in [4.69, 9.17) is 5.73 Å². The average Bonchev–Trinajstić information content (AvgIpc) is 2.40. The zero-order valence-corrected chi connectivity index (χ0v) is 14.9. The Morgan fingerprint density at radius 3 is 1.65 bits per heavy atom. The minimum Gasteiger partial charge on any atom is -0.399 e. The minimum atomic E-state index is -0.219. The number of allylic oxidation sites excluding steroid dienone is 4. The minimum absolute atomic E-state index is 0.126. The van der Waals surface area contributed by atoms with E-state index >= 15 is 0 Å². The zero-order chi connectivity index (χ0) is 17.4. The molecule has 3 nitrogen and oxygen atoms in total. The quantitative estimate of drug-likeness (QED) is 0.594. The van der Waals surface area contributed by atoms with E-state index in [1.165, 1.54) is 0 Å². The standard InChI is InChI=1S/C20H26N2O/c1-19(2,3)16-11-15(12-17(18(16)23)20(4,5)6)22-14-9-7-13(21)8-10-14/h7-12H,21H2,1-6H3. The summed E-state index contributed by atoms with van der Waals surface area (Å²) in [4.78, 5) is 17.5. The van der Waals surface area contributed by atoms with Crippen LogP contribution in [-0.2, 0) is 4.79 Å². The number of carbonyl (C=O) groups is 1. The van der Waals surface area contributed by atoms with E-state index in [9.17, 15) is 4.79 Å². The summed E-state index contributed by atoms with van der Waals surface area (Å²) >= 11 is 0. The molecule has 23 heavy (non-hydrogen) atoms. The van der Waals surface area contributed by atoms with Crippen LogP contribution in [0.5, 0.6) is 0 Å². The van der Waals surface area contributed by atoms with Crippen LogP contribution in [0, 0.1) is 10.8 Å². The molecule has 2 N–H and O–H groups in total. The van der Waals surface area contributed by atoms with Crippen LogP contribution in [0.3, 0.4) is 0 Å². The number of nitrogen functional groups attached to an aromatic ring is 1. The smallest absolute Gasteiger partial charge is 0.186 e. The van der Waals surface area contributed by atoms with Gasteiger partial charge in [0, 0.05) is 16.8 Å².